The molecule has 1 aliphatic heterocycles. The lowest BCUT2D eigenvalue weighted by molar-refractivity contribution is 0.0724. The molecule has 2 fully saturated rings. The van der Waals surface area contributed by atoms with Gasteiger partial charge in [-0.05, 0) is 19.3 Å². The third-order valence-electron chi connectivity index (χ3n) is 3.66. The van der Waals surface area contributed by atoms with Gasteiger partial charge in [0.15, 0.2) is 0 Å². The van der Waals surface area contributed by atoms with Crippen LogP contribution in [0.15, 0.2) is 0 Å². The van der Waals surface area contributed by atoms with Gasteiger partial charge in [-0.1, -0.05) is 6.42 Å². The molecule has 1 saturated carbocycles. The Bertz CT molecular complexity index is 322. The highest BCUT2D eigenvalue weighted by atomic mass is 32.2. The standard InChI is InChI=1S/C10H20N2O2S/c1-15(13,14)10-4-2-3-9(5-10)12-6-8(11)7-12/h8-10H,2-7,11H2,1H3. The summed E-state index contributed by atoms with van der Waals surface area (Å²) in [5.74, 6) is 0. The maximum absolute atomic E-state index is 11.5. The first-order chi connectivity index (χ1) is 6.97. The van der Waals surface area contributed by atoms with Gasteiger partial charge in [0.1, 0.15) is 9.84 Å². The van der Waals surface area contributed by atoms with E-state index in [9.17, 15) is 8.42 Å². The number of nitrogens with zero attached hydrogens (tertiary/aromatic N) is 1. The van der Waals surface area contributed by atoms with Crippen LogP contribution in [0.4, 0.5) is 0 Å². The van der Waals surface area contributed by atoms with Gasteiger partial charge >= 0.3 is 0 Å². The minimum atomic E-state index is -2.85. The van der Waals surface area contributed by atoms with E-state index in [2.05, 4.69) is 4.90 Å². The van der Waals surface area contributed by atoms with Crippen LogP contribution in [0.1, 0.15) is 25.7 Å². The first-order valence-electron chi connectivity index (χ1n) is 5.65. The minimum Gasteiger partial charge on any atom is -0.325 e. The summed E-state index contributed by atoms with van der Waals surface area (Å²) in [6, 6.07) is 0.766. The van der Waals surface area contributed by atoms with Crippen molar-refractivity contribution >= 4 is 9.84 Å². The average Bonchev–Trinajstić information content (AvgIpc) is 2.12. The van der Waals surface area contributed by atoms with E-state index in [1.807, 2.05) is 0 Å². The Morgan fingerprint density at radius 2 is 1.93 bits per heavy atom. The molecule has 0 aromatic carbocycles. The monoisotopic (exact) mass is 232 g/mol. The van der Waals surface area contributed by atoms with Gasteiger partial charge < -0.3 is 5.73 Å². The van der Waals surface area contributed by atoms with Crippen molar-refractivity contribution in [3.63, 3.8) is 0 Å². The van der Waals surface area contributed by atoms with E-state index in [0.717, 1.165) is 38.8 Å². The highest BCUT2D eigenvalue weighted by molar-refractivity contribution is 7.91. The van der Waals surface area contributed by atoms with Crippen LogP contribution in [0, 0.1) is 0 Å². The van der Waals surface area contributed by atoms with Crippen molar-refractivity contribution in [2.24, 2.45) is 5.73 Å². The van der Waals surface area contributed by atoms with Gasteiger partial charge in [0, 0.05) is 31.4 Å². The molecule has 0 amide bonds. The van der Waals surface area contributed by atoms with Crippen molar-refractivity contribution in [3.8, 4) is 0 Å². The van der Waals surface area contributed by atoms with E-state index in [1.54, 1.807) is 0 Å². The fraction of sp³-hybridized carbons (Fsp3) is 1.00. The van der Waals surface area contributed by atoms with E-state index in [0.29, 0.717) is 12.1 Å². The Kier molecular flexibility index (Phi) is 3.05. The molecule has 1 heterocycles. The fourth-order valence-electron chi connectivity index (χ4n) is 2.69. The summed E-state index contributed by atoms with van der Waals surface area (Å²) < 4.78 is 23.0. The number of nitrogens with two attached hydrogens (primary N) is 1. The van der Waals surface area contributed by atoms with Gasteiger partial charge in [-0.3, -0.25) is 4.90 Å². The Hall–Kier alpha value is -0.130. The molecule has 15 heavy (non-hydrogen) atoms. The molecular weight excluding hydrogens is 212 g/mol. The SMILES string of the molecule is CS(=O)(=O)C1CCCC(N2CC(N)C2)C1. The van der Waals surface area contributed by atoms with E-state index in [-0.39, 0.29) is 5.25 Å². The van der Waals surface area contributed by atoms with E-state index in [1.165, 1.54) is 6.26 Å². The van der Waals surface area contributed by atoms with Gasteiger partial charge in [-0.15, -0.1) is 0 Å². The molecule has 2 aliphatic rings. The van der Waals surface area contributed by atoms with Gasteiger partial charge in [0.05, 0.1) is 5.25 Å². The van der Waals surface area contributed by atoms with Gasteiger partial charge in [-0.25, -0.2) is 8.42 Å². The van der Waals surface area contributed by atoms with Crippen LogP contribution in [0.3, 0.4) is 0 Å². The highest BCUT2D eigenvalue weighted by Crippen LogP contribution is 2.29. The zero-order valence-electron chi connectivity index (χ0n) is 9.22. The average molecular weight is 232 g/mol. The largest absolute Gasteiger partial charge is 0.325 e. The summed E-state index contributed by atoms with van der Waals surface area (Å²) in [4.78, 5) is 2.34. The molecule has 2 unspecified atom stereocenters. The first-order valence-corrected chi connectivity index (χ1v) is 7.61. The molecule has 1 saturated heterocycles. The van der Waals surface area contributed by atoms with Gasteiger partial charge in [0.2, 0.25) is 0 Å². The van der Waals surface area contributed by atoms with E-state index >= 15 is 0 Å². The Labute approximate surface area is 91.7 Å². The van der Waals surface area contributed by atoms with E-state index < -0.39 is 9.84 Å². The molecule has 0 spiro atoms. The third kappa shape index (κ3) is 2.52. The normalized spacial score (nSPS) is 35.1. The molecule has 0 aromatic rings. The van der Waals surface area contributed by atoms with Crippen LogP contribution in [-0.4, -0.2) is 50.0 Å². The summed E-state index contributed by atoms with van der Waals surface area (Å²) in [7, 11) is -2.85. The number of hydrogen-bond donors (Lipinski definition) is 1. The molecular formula is C10H20N2O2S. The molecule has 1 aliphatic carbocycles. The highest BCUT2D eigenvalue weighted by Gasteiger charge is 2.36. The lowest BCUT2D eigenvalue weighted by Gasteiger charge is -2.45. The zero-order valence-corrected chi connectivity index (χ0v) is 10.0. The molecule has 88 valence electrons. The number of likely N-dealkylation sites (tertiary alicyclic amines) is 1. The second-order valence-electron chi connectivity index (χ2n) is 4.99. The van der Waals surface area contributed by atoms with Crippen LogP contribution in [0.2, 0.25) is 0 Å². The summed E-state index contributed by atoms with van der Waals surface area (Å²) in [6.45, 7) is 1.89. The van der Waals surface area contributed by atoms with Crippen LogP contribution in [0.25, 0.3) is 0 Å². The van der Waals surface area contributed by atoms with Crippen LogP contribution >= 0.6 is 0 Å². The smallest absolute Gasteiger partial charge is 0.150 e. The molecule has 2 N–H and O–H groups in total. The van der Waals surface area contributed by atoms with Crippen molar-refractivity contribution < 1.29 is 8.42 Å². The molecule has 2 atom stereocenters. The molecule has 0 radical (unpaired) electrons. The van der Waals surface area contributed by atoms with Crippen LogP contribution in [0.5, 0.6) is 0 Å². The second-order valence-corrected chi connectivity index (χ2v) is 7.31. The number of hydrogen-bond acceptors (Lipinski definition) is 4. The minimum absolute atomic E-state index is 0.118. The molecule has 2 rings (SSSR count). The number of sulfone groups is 1. The van der Waals surface area contributed by atoms with Crippen LogP contribution in [-0.2, 0) is 9.84 Å². The van der Waals surface area contributed by atoms with Gasteiger partial charge in [0.25, 0.3) is 0 Å². The van der Waals surface area contributed by atoms with Gasteiger partial charge in [-0.2, -0.15) is 0 Å². The summed E-state index contributed by atoms with van der Waals surface area (Å²) in [5.41, 5.74) is 5.74. The first kappa shape index (κ1) is 11.4. The second kappa shape index (κ2) is 4.03. The predicted octanol–water partition coefficient (Wildman–Crippen LogP) is -0.0149. The van der Waals surface area contributed by atoms with Crippen molar-refractivity contribution in [2.45, 2.75) is 43.0 Å². The lowest BCUT2D eigenvalue weighted by atomic mass is 9.91. The zero-order chi connectivity index (χ0) is 11.1. The lowest BCUT2D eigenvalue weighted by Crippen LogP contribution is -2.60. The van der Waals surface area contributed by atoms with Crippen LogP contribution < -0.4 is 5.73 Å². The molecule has 4 nitrogen and oxygen atoms in total. The van der Waals surface area contributed by atoms with Crippen molar-refractivity contribution in [1.29, 1.82) is 0 Å². The maximum atomic E-state index is 11.5. The summed E-state index contributed by atoms with van der Waals surface area (Å²) in [6.07, 6.45) is 5.19. The Morgan fingerprint density at radius 3 is 2.47 bits per heavy atom. The van der Waals surface area contributed by atoms with Crippen molar-refractivity contribution in [1.82, 2.24) is 4.90 Å². The van der Waals surface area contributed by atoms with Crippen molar-refractivity contribution in [3.05, 3.63) is 0 Å². The molecule has 5 heteroatoms. The quantitative estimate of drug-likeness (QED) is 0.727. The fourth-order valence-corrected chi connectivity index (χ4v) is 3.85. The molecule has 0 aromatic heterocycles. The predicted molar refractivity (Wildman–Crippen MR) is 60.4 cm³/mol. The molecule has 0 bridgehead atoms. The summed E-state index contributed by atoms with van der Waals surface area (Å²) in [5, 5.41) is -0.118. The Morgan fingerprint density at radius 1 is 1.27 bits per heavy atom. The van der Waals surface area contributed by atoms with Crippen molar-refractivity contribution in [2.75, 3.05) is 19.3 Å². The third-order valence-corrected chi connectivity index (χ3v) is 5.30. The number of rotatable bonds is 2. The maximum Gasteiger partial charge on any atom is 0.150 e. The topological polar surface area (TPSA) is 63.4 Å². The summed E-state index contributed by atoms with van der Waals surface area (Å²) >= 11 is 0. The Balaban J connectivity index is 1.93. The van der Waals surface area contributed by atoms with E-state index in [4.69, 9.17) is 5.73 Å².